The fourth-order valence-corrected chi connectivity index (χ4v) is 1.29. The van der Waals surface area contributed by atoms with E-state index < -0.39 is 12.8 Å². The van der Waals surface area contributed by atoms with Crippen LogP contribution in [-0.2, 0) is 4.74 Å². The lowest BCUT2D eigenvalue weighted by atomic mass is 10.3. The number of hydrogen-bond acceptors (Lipinski definition) is 2. The third-order valence-electron chi connectivity index (χ3n) is 1.90. The quantitative estimate of drug-likeness (QED) is 0.793. The number of halogens is 4. The van der Waals surface area contributed by atoms with Crippen LogP contribution in [0.5, 0.6) is 0 Å². The predicted octanol–water partition coefficient (Wildman–Crippen LogP) is 3.72. The summed E-state index contributed by atoms with van der Waals surface area (Å²) in [5.74, 6) is 0. The van der Waals surface area contributed by atoms with Crippen molar-refractivity contribution >= 4 is 17.3 Å². The van der Waals surface area contributed by atoms with E-state index in [4.69, 9.17) is 11.6 Å². The van der Waals surface area contributed by atoms with Crippen LogP contribution in [0.3, 0.4) is 0 Å². The molecule has 0 radical (unpaired) electrons. The molecular formula is C11H13ClF3NO. The van der Waals surface area contributed by atoms with Gasteiger partial charge in [0, 0.05) is 23.9 Å². The van der Waals surface area contributed by atoms with E-state index in [2.05, 4.69) is 10.1 Å². The molecule has 1 aromatic rings. The zero-order valence-electron chi connectivity index (χ0n) is 9.06. The van der Waals surface area contributed by atoms with Crippen molar-refractivity contribution in [3.63, 3.8) is 0 Å². The largest absolute Gasteiger partial charge is 0.411 e. The standard InChI is InChI=1S/C11H13ClF3NO/c12-9-2-4-10(5-3-9)16-6-1-7-17-8-11(13,14)15/h2-5,16H,1,6-8H2. The normalized spacial score (nSPS) is 11.5. The van der Waals surface area contributed by atoms with Gasteiger partial charge in [0.15, 0.2) is 0 Å². The molecule has 0 fully saturated rings. The van der Waals surface area contributed by atoms with Gasteiger partial charge in [-0.2, -0.15) is 13.2 Å². The Balaban J connectivity index is 2.07. The Morgan fingerprint density at radius 3 is 2.41 bits per heavy atom. The molecule has 1 rings (SSSR count). The zero-order chi connectivity index (χ0) is 12.7. The molecule has 0 saturated heterocycles. The van der Waals surface area contributed by atoms with Crippen LogP contribution >= 0.6 is 11.6 Å². The summed E-state index contributed by atoms with van der Waals surface area (Å²) in [5.41, 5.74) is 0.880. The highest BCUT2D eigenvalue weighted by Crippen LogP contribution is 2.15. The highest BCUT2D eigenvalue weighted by Gasteiger charge is 2.27. The van der Waals surface area contributed by atoms with Gasteiger partial charge in [-0.1, -0.05) is 11.6 Å². The summed E-state index contributed by atoms with van der Waals surface area (Å²) in [6, 6.07) is 7.09. The molecule has 0 spiro atoms. The lowest BCUT2D eigenvalue weighted by Gasteiger charge is -2.08. The number of hydrogen-bond donors (Lipinski definition) is 1. The smallest absolute Gasteiger partial charge is 0.385 e. The minimum Gasteiger partial charge on any atom is -0.385 e. The second kappa shape index (κ2) is 6.71. The van der Waals surface area contributed by atoms with Crippen molar-refractivity contribution in [3.05, 3.63) is 29.3 Å². The topological polar surface area (TPSA) is 21.3 Å². The second-order valence-electron chi connectivity index (χ2n) is 3.45. The van der Waals surface area contributed by atoms with Crippen molar-refractivity contribution in [1.82, 2.24) is 0 Å². The number of benzene rings is 1. The molecule has 6 heteroatoms. The van der Waals surface area contributed by atoms with Crippen molar-refractivity contribution in [1.29, 1.82) is 0 Å². The molecular weight excluding hydrogens is 255 g/mol. The van der Waals surface area contributed by atoms with Crippen LogP contribution in [0.4, 0.5) is 18.9 Å². The van der Waals surface area contributed by atoms with Crippen molar-refractivity contribution in [2.45, 2.75) is 12.6 Å². The van der Waals surface area contributed by atoms with E-state index in [0.29, 0.717) is 18.0 Å². The number of nitrogens with one attached hydrogen (secondary N) is 1. The molecule has 17 heavy (non-hydrogen) atoms. The van der Waals surface area contributed by atoms with Gasteiger partial charge in [0.1, 0.15) is 6.61 Å². The molecule has 0 aliphatic carbocycles. The third kappa shape index (κ3) is 7.07. The van der Waals surface area contributed by atoms with Crippen LogP contribution in [0.1, 0.15) is 6.42 Å². The van der Waals surface area contributed by atoms with E-state index in [1.807, 2.05) is 0 Å². The number of ether oxygens (including phenoxy) is 1. The van der Waals surface area contributed by atoms with Crippen LogP contribution in [0.2, 0.25) is 5.02 Å². The molecule has 2 nitrogen and oxygen atoms in total. The Labute approximate surface area is 103 Å². The molecule has 1 N–H and O–H groups in total. The van der Waals surface area contributed by atoms with Gasteiger partial charge in [0.2, 0.25) is 0 Å². The maximum absolute atomic E-state index is 11.7. The average Bonchev–Trinajstić information content (AvgIpc) is 2.24. The maximum Gasteiger partial charge on any atom is 0.411 e. The molecule has 0 unspecified atom stereocenters. The maximum atomic E-state index is 11.7. The van der Waals surface area contributed by atoms with Crippen LogP contribution in [0.25, 0.3) is 0 Å². The SMILES string of the molecule is FC(F)(F)COCCCNc1ccc(Cl)cc1. The first-order valence-corrected chi connectivity index (χ1v) is 5.49. The molecule has 0 atom stereocenters. The van der Waals surface area contributed by atoms with E-state index in [1.54, 1.807) is 24.3 Å². The van der Waals surface area contributed by atoms with Gasteiger partial charge in [-0.3, -0.25) is 0 Å². The van der Waals surface area contributed by atoms with E-state index in [1.165, 1.54) is 0 Å². The lowest BCUT2D eigenvalue weighted by molar-refractivity contribution is -0.173. The summed E-state index contributed by atoms with van der Waals surface area (Å²) in [6.07, 6.45) is -3.73. The molecule has 0 aliphatic heterocycles. The Morgan fingerprint density at radius 1 is 1.18 bits per heavy atom. The number of anilines is 1. The number of alkyl halides is 3. The van der Waals surface area contributed by atoms with E-state index in [-0.39, 0.29) is 6.61 Å². The Bertz CT molecular complexity index is 326. The Hall–Kier alpha value is -0.940. The van der Waals surface area contributed by atoms with Crippen LogP contribution in [0, 0.1) is 0 Å². The van der Waals surface area contributed by atoms with Crippen molar-refractivity contribution in [3.8, 4) is 0 Å². The van der Waals surface area contributed by atoms with Gasteiger partial charge in [-0.15, -0.1) is 0 Å². The summed E-state index contributed by atoms with van der Waals surface area (Å²) in [4.78, 5) is 0. The van der Waals surface area contributed by atoms with Gasteiger partial charge in [-0.25, -0.2) is 0 Å². The molecule has 0 saturated carbocycles. The fraction of sp³-hybridized carbons (Fsp3) is 0.455. The monoisotopic (exact) mass is 267 g/mol. The molecule has 1 aromatic carbocycles. The van der Waals surface area contributed by atoms with Crippen LogP contribution in [-0.4, -0.2) is 25.9 Å². The van der Waals surface area contributed by atoms with Crippen molar-refractivity contribution in [2.75, 3.05) is 25.1 Å². The first kappa shape index (κ1) is 14.1. The summed E-state index contributed by atoms with van der Waals surface area (Å²) in [6.45, 7) is -0.548. The molecule has 0 bridgehead atoms. The van der Waals surface area contributed by atoms with Crippen LogP contribution < -0.4 is 5.32 Å². The molecule has 0 aromatic heterocycles. The van der Waals surface area contributed by atoms with Crippen molar-refractivity contribution < 1.29 is 17.9 Å². The molecule has 0 aliphatic rings. The lowest BCUT2D eigenvalue weighted by Crippen LogP contribution is -2.18. The van der Waals surface area contributed by atoms with Gasteiger partial charge in [-0.05, 0) is 30.7 Å². The first-order valence-electron chi connectivity index (χ1n) is 5.11. The van der Waals surface area contributed by atoms with Gasteiger partial charge in [0.05, 0.1) is 0 Å². The summed E-state index contributed by atoms with van der Waals surface area (Å²) in [7, 11) is 0. The summed E-state index contributed by atoms with van der Waals surface area (Å²) >= 11 is 5.70. The third-order valence-corrected chi connectivity index (χ3v) is 2.16. The number of rotatable bonds is 6. The fourth-order valence-electron chi connectivity index (χ4n) is 1.16. The Kier molecular flexibility index (Phi) is 5.58. The molecule has 0 heterocycles. The van der Waals surface area contributed by atoms with Gasteiger partial charge >= 0.3 is 6.18 Å². The van der Waals surface area contributed by atoms with E-state index in [0.717, 1.165) is 5.69 Å². The summed E-state index contributed by atoms with van der Waals surface area (Å²) in [5, 5.41) is 3.69. The van der Waals surface area contributed by atoms with Gasteiger partial charge in [0.25, 0.3) is 0 Å². The Morgan fingerprint density at radius 2 is 1.82 bits per heavy atom. The van der Waals surface area contributed by atoms with E-state index >= 15 is 0 Å². The highest BCUT2D eigenvalue weighted by molar-refractivity contribution is 6.30. The minimum absolute atomic E-state index is 0.0834. The zero-order valence-corrected chi connectivity index (χ0v) is 9.81. The van der Waals surface area contributed by atoms with Crippen molar-refractivity contribution in [2.24, 2.45) is 0 Å². The predicted molar refractivity (Wildman–Crippen MR) is 61.4 cm³/mol. The molecule has 96 valence electrons. The average molecular weight is 268 g/mol. The summed E-state index contributed by atoms with van der Waals surface area (Å²) < 4.78 is 39.6. The minimum atomic E-state index is -4.25. The van der Waals surface area contributed by atoms with Gasteiger partial charge < -0.3 is 10.1 Å². The van der Waals surface area contributed by atoms with E-state index in [9.17, 15) is 13.2 Å². The van der Waals surface area contributed by atoms with Crippen LogP contribution in [0.15, 0.2) is 24.3 Å². The second-order valence-corrected chi connectivity index (χ2v) is 3.89. The molecule has 0 amide bonds. The highest BCUT2D eigenvalue weighted by atomic mass is 35.5. The first-order chi connectivity index (χ1) is 7.97.